The van der Waals surface area contributed by atoms with E-state index < -0.39 is 0 Å². The first kappa shape index (κ1) is 26.6. The molecule has 0 unspecified atom stereocenters. The second-order valence-corrected chi connectivity index (χ2v) is 10.5. The largest absolute Gasteiger partial charge is 0.496 e. The highest BCUT2D eigenvalue weighted by Crippen LogP contribution is 2.40. The van der Waals surface area contributed by atoms with Crippen molar-refractivity contribution in [1.29, 1.82) is 0 Å². The van der Waals surface area contributed by atoms with Crippen LogP contribution in [0.25, 0.3) is 22.2 Å². The minimum absolute atomic E-state index is 0.0289. The van der Waals surface area contributed by atoms with Gasteiger partial charge in [-0.2, -0.15) is 0 Å². The number of hydrogen-bond acceptors (Lipinski definition) is 6. The number of para-hydroxylation sites is 1. The Labute approximate surface area is 240 Å². The zero-order chi connectivity index (χ0) is 28.3. The molecule has 0 bridgehead atoms. The molecule has 208 valence electrons. The van der Waals surface area contributed by atoms with Crippen molar-refractivity contribution in [2.24, 2.45) is 13.0 Å². The Morgan fingerprint density at radius 3 is 2.61 bits per heavy atom. The Bertz CT molecular complexity index is 1640. The molecule has 0 radical (unpaired) electrons. The van der Waals surface area contributed by atoms with E-state index in [-0.39, 0.29) is 5.91 Å². The van der Waals surface area contributed by atoms with E-state index in [2.05, 4.69) is 33.3 Å². The summed E-state index contributed by atoms with van der Waals surface area (Å²) < 4.78 is 13.9. The van der Waals surface area contributed by atoms with Gasteiger partial charge in [-0.1, -0.05) is 30.7 Å². The highest BCUT2D eigenvalue weighted by Gasteiger charge is 2.34. The lowest BCUT2D eigenvalue weighted by Crippen LogP contribution is -2.55. The molecule has 0 saturated carbocycles. The molecule has 8 nitrogen and oxygen atoms in total. The fourth-order valence-electron chi connectivity index (χ4n) is 5.81. The molecule has 0 atom stereocenters. The summed E-state index contributed by atoms with van der Waals surface area (Å²) in [5.41, 5.74) is 3.56. The Hall–Kier alpha value is -4.61. The van der Waals surface area contributed by atoms with E-state index >= 15 is 0 Å². The van der Waals surface area contributed by atoms with E-state index in [0.29, 0.717) is 23.5 Å². The van der Waals surface area contributed by atoms with Gasteiger partial charge in [0.25, 0.3) is 0 Å². The zero-order valence-electron chi connectivity index (χ0n) is 23.4. The van der Waals surface area contributed by atoms with Gasteiger partial charge in [-0.05, 0) is 49.1 Å². The van der Waals surface area contributed by atoms with Crippen LogP contribution in [0.1, 0.15) is 18.5 Å². The fourth-order valence-corrected chi connectivity index (χ4v) is 5.81. The molecule has 2 fully saturated rings. The first-order valence-electron chi connectivity index (χ1n) is 13.9. The lowest BCUT2D eigenvalue weighted by atomic mass is 9.93. The highest BCUT2D eigenvalue weighted by molar-refractivity contribution is 5.99. The number of carbonyl (C=O) groups is 1. The van der Waals surface area contributed by atoms with Crippen LogP contribution in [-0.2, 0) is 11.8 Å². The van der Waals surface area contributed by atoms with Crippen molar-refractivity contribution in [1.82, 2.24) is 24.3 Å². The van der Waals surface area contributed by atoms with E-state index in [4.69, 9.17) is 9.47 Å². The van der Waals surface area contributed by atoms with Crippen molar-refractivity contribution in [2.45, 2.75) is 18.9 Å². The number of aromatic nitrogens is 3. The summed E-state index contributed by atoms with van der Waals surface area (Å²) in [5.74, 6) is 9.49. The summed E-state index contributed by atoms with van der Waals surface area (Å²) in [6.07, 6.45) is 6.80. The van der Waals surface area contributed by atoms with Crippen molar-refractivity contribution in [3.63, 3.8) is 0 Å². The van der Waals surface area contributed by atoms with Gasteiger partial charge in [0.05, 0.1) is 7.11 Å². The molecule has 0 N–H and O–H groups in total. The molecule has 6 rings (SSSR count). The van der Waals surface area contributed by atoms with E-state index in [1.807, 2.05) is 71.2 Å². The minimum atomic E-state index is 0.0289. The third-order valence-corrected chi connectivity index (χ3v) is 8.04. The summed E-state index contributed by atoms with van der Waals surface area (Å²) in [6.45, 7) is 7.08. The van der Waals surface area contributed by atoms with Crippen LogP contribution in [0.15, 0.2) is 73.7 Å². The molecule has 2 aromatic heterocycles. The van der Waals surface area contributed by atoms with Gasteiger partial charge in [-0.3, -0.25) is 9.69 Å². The molecular weight excluding hydrogens is 514 g/mol. The summed E-state index contributed by atoms with van der Waals surface area (Å²) in [5, 5.41) is 0.922. The van der Waals surface area contributed by atoms with Crippen LogP contribution in [0, 0.1) is 17.8 Å². The summed E-state index contributed by atoms with van der Waals surface area (Å²) in [4.78, 5) is 25.2. The van der Waals surface area contributed by atoms with Gasteiger partial charge in [0.1, 0.15) is 34.9 Å². The fraction of sp³-hybridized carbons (Fsp3) is 0.303. The number of benzene rings is 2. The average Bonchev–Trinajstić information content (AvgIpc) is 3.27. The predicted molar refractivity (Wildman–Crippen MR) is 159 cm³/mol. The second-order valence-electron chi connectivity index (χ2n) is 10.5. The maximum atomic E-state index is 11.9. The lowest BCUT2D eigenvalue weighted by molar-refractivity contribution is -0.127. The van der Waals surface area contributed by atoms with Crippen LogP contribution >= 0.6 is 0 Å². The number of carbonyl (C=O) groups excluding carboxylic acids is 1. The number of likely N-dealkylation sites (tertiary alicyclic amines) is 2. The van der Waals surface area contributed by atoms with Crippen LogP contribution in [0.2, 0.25) is 0 Å². The number of amides is 1. The number of hydrogen-bond donors (Lipinski definition) is 0. The number of nitrogens with zero attached hydrogens (tertiary/aromatic N) is 5. The van der Waals surface area contributed by atoms with Crippen LogP contribution in [-0.4, -0.2) is 69.6 Å². The third-order valence-electron chi connectivity index (χ3n) is 8.04. The molecule has 2 aromatic carbocycles. The smallest absolute Gasteiger partial charge is 0.245 e. The van der Waals surface area contributed by atoms with Gasteiger partial charge in [0, 0.05) is 74.0 Å². The number of aryl methyl sites for hydroxylation is 1. The maximum absolute atomic E-state index is 11.9. The van der Waals surface area contributed by atoms with Crippen molar-refractivity contribution >= 4 is 16.9 Å². The number of piperidine rings is 1. The second kappa shape index (κ2) is 11.5. The zero-order valence-corrected chi connectivity index (χ0v) is 23.4. The van der Waals surface area contributed by atoms with Gasteiger partial charge in [0.15, 0.2) is 0 Å². The lowest BCUT2D eigenvalue weighted by Gasteiger charge is -2.45. The summed E-state index contributed by atoms with van der Waals surface area (Å²) >= 11 is 0. The normalized spacial score (nSPS) is 16.1. The van der Waals surface area contributed by atoms with Gasteiger partial charge in [-0.25, -0.2) is 9.97 Å². The predicted octanol–water partition coefficient (Wildman–Crippen LogP) is 4.90. The minimum Gasteiger partial charge on any atom is -0.496 e. The molecule has 4 heterocycles. The molecule has 2 saturated heterocycles. The molecule has 1 amide bonds. The Morgan fingerprint density at radius 1 is 1.10 bits per heavy atom. The van der Waals surface area contributed by atoms with Crippen molar-refractivity contribution < 1.29 is 14.3 Å². The van der Waals surface area contributed by atoms with Crippen LogP contribution in [0.5, 0.6) is 17.2 Å². The number of fused-ring (bicyclic) bond motifs is 1. The first-order valence-corrected chi connectivity index (χ1v) is 13.9. The number of rotatable bonds is 6. The molecule has 2 aliphatic rings. The van der Waals surface area contributed by atoms with E-state index in [0.717, 1.165) is 72.6 Å². The summed E-state index contributed by atoms with van der Waals surface area (Å²) in [7, 11) is 3.66. The van der Waals surface area contributed by atoms with Gasteiger partial charge >= 0.3 is 0 Å². The highest BCUT2D eigenvalue weighted by atomic mass is 16.5. The van der Waals surface area contributed by atoms with Gasteiger partial charge < -0.3 is 18.9 Å². The Balaban J connectivity index is 1.24. The third kappa shape index (κ3) is 5.29. The summed E-state index contributed by atoms with van der Waals surface area (Å²) in [6, 6.07) is 16.1. The van der Waals surface area contributed by atoms with Crippen molar-refractivity contribution in [3.8, 4) is 40.2 Å². The Kier molecular flexibility index (Phi) is 7.45. The molecule has 0 aliphatic carbocycles. The van der Waals surface area contributed by atoms with Crippen molar-refractivity contribution in [2.75, 3.05) is 33.3 Å². The maximum Gasteiger partial charge on any atom is 0.245 e. The van der Waals surface area contributed by atoms with Crippen LogP contribution in [0.4, 0.5) is 0 Å². The quantitative estimate of drug-likeness (QED) is 0.253. The molecule has 8 heteroatoms. The number of ether oxygens (including phenoxy) is 2. The standard InChI is InChI=1S/C33H33N5O3/c1-4-31(39)37-16-14-24(15-17-37)38-20-23(21-38)10-13-29-32(28-19-34-22-35-33(28)36(29)2)27-12-11-26(18-30(27)40-3)41-25-8-6-5-7-9-25/h4-9,11-12,18-19,22-24H,1,14-17,20-21H2,2-3H3. The SMILES string of the molecule is C=CC(=O)N1CCC(N2CC(C#Cc3c(-c4ccc(Oc5ccccc5)cc4OC)c4cncnc4n3C)C2)CC1. The molecule has 0 spiro atoms. The average molecular weight is 548 g/mol. The van der Waals surface area contributed by atoms with Gasteiger partial charge in [0.2, 0.25) is 5.91 Å². The topological polar surface area (TPSA) is 72.7 Å². The van der Waals surface area contributed by atoms with E-state index in [1.54, 1.807) is 13.4 Å². The first-order chi connectivity index (χ1) is 20.1. The van der Waals surface area contributed by atoms with Crippen molar-refractivity contribution in [3.05, 3.63) is 79.4 Å². The van der Waals surface area contributed by atoms with Crippen LogP contribution in [0.3, 0.4) is 0 Å². The number of methoxy groups -OCH3 is 1. The van der Waals surface area contributed by atoms with E-state index in [1.165, 1.54) is 6.08 Å². The van der Waals surface area contributed by atoms with E-state index in [9.17, 15) is 4.79 Å². The van der Waals surface area contributed by atoms with Gasteiger partial charge in [-0.15, -0.1) is 0 Å². The molecular formula is C33H33N5O3. The molecule has 2 aliphatic heterocycles. The Morgan fingerprint density at radius 2 is 1.88 bits per heavy atom. The monoisotopic (exact) mass is 547 g/mol. The molecule has 4 aromatic rings. The van der Waals surface area contributed by atoms with Crippen LogP contribution < -0.4 is 9.47 Å². The molecule has 41 heavy (non-hydrogen) atoms.